The van der Waals surface area contributed by atoms with Gasteiger partial charge < -0.3 is 4.90 Å². The van der Waals surface area contributed by atoms with E-state index >= 15 is 0 Å². The Balaban J connectivity index is 1.91. The average molecular weight is 266 g/mol. The fourth-order valence-electron chi connectivity index (χ4n) is 2.40. The quantitative estimate of drug-likeness (QED) is 0.769. The number of rotatable bonds is 3. The Labute approximate surface area is 114 Å². The highest BCUT2D eigenvalue weighted by Crippen LogP contribution is 2.15. The van der Waals surface area contributed by atoms with E-state index in [-0.39, 0.29) is 5.91 Å². The largest absolute Gasteiger partial charge is 0.341 e. The maximum absolute atomic E-state index is 12.2. The van der Waals surface area contributed by atoms with Gasteiger partial charge >= 0.3 is 0 Å². The van der Waals surface area contributed by atoms with Crippen LogP contribution in [0.15, 0.2) is 30.3 Å². The average Bonchev–Trinajstić information content (AvgIpc) is 2.68. The minimum atomic E-state index is -0.425. The maximum Gasteiger partial charge on any atom is 0.240 e. The van der Waals surface area contributed by atoms with Gasteiger partial charge in [0, 0.05) is 13.1 Å². The lowest BCUT2D eigenvalue weighted by Crippen LogP contribution is -2.38. The van der Waals surface area contributed by atoms with Gasteiger partial charge in [0.1, 0.15) is 5.38 Å². The van der Waals surface area contributed by atoms with E-state index in [0.717, 1.165) is 31.5 Å². The SMILES string of the molecule is O=C(C(Cl)Cc1ccccc1)N1CCCCCC1. The van der Waals surface area contributed by atoms with Crippen molar-refractivity contribution in [2.45, 2.75) is 37.5 Å². The molecule has 0 aliphatic carbocycles. The van der Waals surface area contributed by atoms with Gasteiger partial charge in [0.15, 0.2) is 0 Å². The molecule has 2 rings (SSSR count). The Hall–Kier alpha value is -1.02. The first-order valence-electron chi connectivity index (χ1n) is 6.74. The van der Waals surface area contributed by atoms with Crippen molar-refractivity contribution in [3.63, 3.8) is 0 Å². The van der Waals surface area contributed by atoms with Crippen LogP contribution in [0.2, 0.25) is 0 Å². The second-order valence-corrected chi connectivity index (χ2v) is 5.42. The molecule has 0 N–H and O–H groups in total. The summed E-state index contributed by atoms with van der Waals surface area (Å²) in [6, 6.07) is 9.98. The van der Waals surface area contributed by atoms with Crippen molar-refractivity contribution in [1.29, 1.82) is 0 Å². The molecule has 1 aromatic rings. The summed E-state index contributed by atoms with van der Waals surface area (Å²) >= 11 is 6.26. The second kappa shape index (κ2) is 6.79. The molecule has 1 saturated heterocycles. The molecular formula is C15H20ClNO. The van der Waals surface area contributed by atoms with E-state index < -0.39 is 5.38 Å². The van der Waals surface area contributed by atoms with Crippen molar-refractivity contribution < 1.29 is 4.79 Å². The topological polar surface area (TPSA) is 20.3 Å². The standard InChI is InChI=1S/C15H20ClNO/c16-14(12-13-8-4-3-5-9-13)15(18)17-10-6-1-2-7-11-17/h3-5,8-9,14H,1-2,6-7,10-12H2. The Kier molecular flexibility index (Phi) is 5.06. The van der Waals surface area contributed by atoms with Gasteiger partial charge in [-0.05, 0) is 24.8 Å². The van der Waals surface area contributed by atoms with Gasteiger partial charge in [0.25, 0.3) is 0 Å². The highest BCUT2D eigenvalue weighted by atomic mass is 35.5. The van der Waals surface area contributed by atoms with Gasteiger partial charge in [-0.15, -0.1) is 11.6 Å². The van der Waals surface area contributed by atoms with Crippen molar-refractivity contribution in [1.82, 2.24) is 4.90 Å². The summed E-state index contributed by atoms with van der Waals surface area (Å²) in [5.74, 6) is 0.0995. The van der Waals surface area contributed by atoms with Crippen LogP contribution in [-0.4, -0.2) is 29.3 Å². The first-order chi connectivity index (χ1) is 8.77. The van der Waals surface area contributed by atoms with E-state index in [0.29, 0.717) is 6.42 Å². The van der Waals surface area contributed by atoms with Crippen LogP contribution < -0.4 is 0 Å². The van der Waals surface area contributed by atoms with Crippen LogP contribution in [0.1, 0.15) is 31.2 Å². The molecule has 2 nitrogen and oxygen atoms in total. The van der Waals surface area contributed by atoms with Crippen LogP contribution in [0.4, 0.5) is 0 Å². The molecule has 1 amide bonds. The highest BCUT2D eigenvalue weighted by Gasteiger charge is 2.23. The Bertz CT molecular complexity index is 371. The maximum atomic E-state index is 12.2. The van der Waals surface area contributed by atoms with Gasteiger partial charge in [-0.2, -0.15) is 0 Å². The molecule has 0 aromatic heterocycles. The monoisotopic (exact) mass is 265 g/mol. The Morgan fingerprint density at radius 3 is 2.33 bits per heavy atom. The van der Waals surface area contributed by atoms with E-state index in [1.54, 1.807) is 0 Å². The van der Waals surface area contributed by atoms with E-state index in [1.165, 1.54) is 12.8 Å². The molecular weight excluding hydrogens is 246 g/mol. The molecule has 3 heteroatoms. The third kappa shape index (κ3) is 3.74. The number of carbonyl (C=O) groups is 1. The van der Waals surface area contributed by atoms with Crippen molar-refractivity contribution in [3.8, 4) is 0 Å². The van der Waals surface area contributed by atoms with Gasteiger partial charge in [-0.1, -0.05) is 43.2 Å². The molecule has 1 fully saturated rings. The summed E-state index contributed by atoms with van der Waals surface area (Å²) in [7, 11) is 0. The zero-order chi connectivity index (χ0) is 12.8. The molecule has 1 aromatic carbocycles. The molecule has 1 aliphatic rings. The molecule has 1 unspecified atom stereocenters. The molecule has 0 spiro atoms. The number of amides is 1. The zero-order valence-electron chi connectivity index (χ0n) is 10.6. The van der Waals surface area contributed by atoms with Crippen molar-refractivity contribution in [3.05, 3.63) is 35.9 Å². The Morgan fingerprint density at radius 2 is 1.72 bits per heavy atom. The van der Waals surface area contributed by atoms with Gasteiger partial charge in [0.05, 0.1) is 0 Å². The summed E-state index contributed by atoms with van der Waals surface area (Å²) < 4.78 is 0. The third-order valence-corrected chi connectivity index (χ3v) is 3.78. The predicted molar refractivity (Wildman–Crippen MR) is 74.8 cm³/mol. The third-order valence-electron chi connectivity index (χ3n) is 3.44. The van der Waals surface area contributed by atoms with Gasteiger partial charge in [-0.3, -0.25) is 4.79 Å². The van der Waals surface area contributed by atoms with E-state index in [1.807, 2.05) is 35.2 Å². The van der Waals surface area contributed by atoms with Crippen molar-refractivity contribution in [2.75, 3.05) is 13.1 Å². The molecule has 1 atom stereocenters. The number of alkyl halides is 1. The Morgan fingerprint density at radius 1 is 1.11 bits per heavy atom. The number of carbonyl (C=O) groups excluding carboxylic acids is 1. The number of halogens is 1. The lowest BCUT2D eigenvalue weighted by molar-refractivity contribution is -0.130. The highest BCUT2D eigenvalue weighted by molar-refractivity contribution is 6.30. The minimum Gasteiger partial charge on any atom is -0.341 e. The lowest BCUT2D eigenvalue weighted by Gasteiger charge is -2.23. The van der Waals surface area contributed by atoms with Gasteiger partial charge in [0.2, 0.25) is 5.91 Å². The van der Waals surface area contributed by atoms with Crippen LogP contribution in [0.5, 0.6) is 0 Å². The fourth-order valence-corrected chi connectivity index (χ4v) is 2.71. The fraction of sp³-hybridized carbons (Fsp3) is 0.533. The van der Waals surface area contributed by atoms with Crippen molar-refractivity contribution in [2.24, 2.45) is 0 Å². The van der Waals surface area contributed by atoms with Crippen LogP contribution in [0.25, 0.3) is 0 Å². The lowest BCUT2D eigenvalue weighted by atomic mass is 10.1. The molecule has 0 bridgehead atoms. The molecule has 1 aliphatic heterocycles. The molecule has 98 valence electrons. The molecule has 0 saturated carbocycles. The van der Waals surface area contributed by atoms with Gasteiger partial charge in [-0.25, -0.2) is 0 Å². The summed E-state index contributed by atoms with van der Waals surface area (Å²) in [6.45, 7) is 1.74. The smallest absolute Gasteiger partial charge is 0.240 e. The number of likely N-dealkylation sites (tertiary alicyclic amines) is 1. The van der Waals surface area contributed by atoms with E-state index in [4.69, 9.17) is 11.6 Å². The number of nitrogens with zero attached hydrogens (tertiary/aromatic N) is 1. The van der Waals surface area contributed by atoms with E-state index in [2.05, 4.69) is 0 Å². The molecule has 0 radical (unpaired) electrons. The summed E-state index contributed by atoms with van der Waals surface area (Å²) in [5, 5.41) is -0.425. The van der Waals surface area contributed by atoms with Crippen LogP contribution in [-0.2, 0) is 11.2 Å². The van der Waals surface area contributed by atoms with Crippen LogP contribution >= 0.6 is 11.6 Å². The summed E-state index contributed by atoms with van der Waals surface area (Å²) in [4.78, 5) is 14.2. The first kappa shape index (κ1) is 13.4. The summed E-state index contributed by atoms with van der Waals surface area (Å²) in [6.07, 6.45) is 5.31. The van der Waals surface area contributed by atoms with Crippen LogP contribution in [0, 0.1) is 0 Å². The first-order valence-corrected chi connectivity index (χ1v) is 7.18. The molecule has 1 heterocycles. The number of hydrogen-bond donors (Lipinski definition) is 0. The van der Waals surface area contributed by atoms with E-state index in [9.17, 15) is 4.79 Å². The minimum absolute atomic E-state index is 0.0995. The normalized spacial score (nSPS) is 18.2. The van der Waals surface area contributed by atoms with Crippen molar-refractivity contribution >= 4 is 17.5 Å². The van der Waals surface area contributed by atoms with Crippen LogP contribution in [0.3, 0.4) is 0 Å². The number of hydrogen-bond acceptors (Lipinski definition) is 1. The summed E-state index contributed by atoms with van der Waals surface area (Å²) in [5.41, 5.74) is 1.13. The predicted octanol–water partition coefficient (Wildman–Crippen LogP) is 3.24. The zero-order valence-corrected chi connectivity index (χ0v) is 11.4. The molecule has 18 heavy (non-hydrogen) atoms. The number of benzene rings is 1. The second-order valence-electron chi connectivity index (χ2n) is 4.90.